The van der Waals surface area contributed by atoms with E-state index in [1.807, 2.05) is 27.9 Å². The number of carbonyl (C=O) groups excluding carboxylic acids is 1. The van der Waals surface area contributed by atoms with Crippen LogP contribution in [-0.2, 0) is 17.9 Å². The van der Waals surface area contributed by atoms with Gasteiger partial charge in [0.15, 0.2) is 0 Å². The fraction of sp³-hybridized carbons (Fsp3) is 0.556. The third-order valence-electron chi connectivity index (χ3n) is 1.69. The number of aliphatic hydroxyl groups is 2. The van der Waals surface area contributed by atoms with Gasteiger partial charge in [-0.25, -0.2) is 9.13 Å². The van der Waals surface area contributed by atoms with Gasteiger partial charge in [-0.2, -0.15) is 13.2 Å². The number of carboxylic acids is 1. The number of rotatable bonds is 4. The fourth-order valence-electron chi connectivity index (χ4n) is 0.934. The SMILES string of the molecule is O=C([O-])C(F)(F)F.OCCn1cc[n+](CCO)c1. The third kappa shape index (κ3) is 6.86. The molecule has 0 atom stereocenters. The lowest BCUT2D eigenvalue weighted by Crippen LogP contribution is -2.37. The molecule has 1 heterocycles. The zero-order chi connectivity index (χ0) is 14.2. The Hall–Kier alpha value is -1.61. The van der Waals surface area contributed by atoms with Gasteiger partial charge in [0.25, 0.3) is 0 Å². The minimum absolute atomic E-state index is 0.147. The summed E-state index contributed by atoms with van der Waals surface area (Å²) in [5.41, 5.74) is 0. The van der Waals surface area contributed by atoms with Crippen LogP contribution in [0.1, 0.15) is 0 Å². The Morgan fingerprint density at radius 1 is 1.33 bits per heavy atom. The van der Waals surface area contributed by atoms with Gasteiger partial charge in [0.05, 0.1) is 13.2 Å². The lowest BCUT2D eigenvalue weighted by atomic mass is 10.7. The van der Waals surface area contributed by atoms with Gasteiger partial charge in [-0.3, -0.25) is 0 Å². The Bertz CT molecular complexity index is 344. The number of hydrogen-bond donors (Lipinski definition) is 2. The maximum Gasteiger partial charge on any atom is 0.430 e. The summed E-state index contributed by atoms with van der Waals surface area (Å²) in [6.07, 6.45) is 0.393. The third-order valence-corrected chi connectivity index (χ3v) is 1.69. The van der Waals surface area contributed by atoms with Crippen LogP contribution in [0.3, 0.4) is 0 Å². The van der Waals surface area contributed by atoms with Gasteiger partial charge in [-0.15, -0.1) is 0 Å². The maximum atomic E-state index is 10.5. The Kier molecular flexibility index (Phi) is 6.98. The van der Waals surface area contributed by atoms with Crippen LogP contribution in [0.15, 0.2) is 18.7 Å². The molecule has 0 unspecified atom stereocenters. The van der Waals surface area contributed by atoms with E-state index >= 15 is 0 Å². The van der Waals surface area contributed by atoms with E-state index in [9.17, 15) is 13.2 Å². The van der Waals surface area contributed by atoms with E-state index in [0.717, 1.165) is 0 Å². The van der Waals surface area contributed by atoms with Gasteiger partial charge >= 0.3 is 6.18 Å². The molecule has 1 aromatic heterocycles. The van der Waals surface area contributed by atoms with Crippen LogP contribution < -0.4 is 9.67 Å². The highest BCUT2D eigenvalue weighted by Gasteiger charge is 2.28. The molecular formula is C9H13F3N2O4. The van der Waals surface area contributed by atoms with Gasteiger partial charge in [0, 0.05) is 0 Å². The smallest absolute Gasteiger partial charge is 0.430 e. The van der Waals surface area contributed by atoms with Crippen molar-refractivity contribution in [1.29, 1.82) is 0 Å². The normalized spacial score (nSPS) is 10.7. The molecule has 0 aliphatic carbocycles. The first-order valence-electron chi connectivity index (χ1n) is 4.86. The van der Waals surface area contributed by atoms with E-state index in [1.165, 1.54) is 0 Å². The standard InChI is InChI=1S/C7H13N2O2.C2HF3O2/c10-5-3-8-1-2-9(7-8)4-6-11;3-2(4,5)1(6)7/h1-2,7,10-11H,3-6H2;(H,6,7)/q+1;/p-1. The molecule has 0 fully saturated rings. The number of alkyl halides is 3. The van der Waals surface area contributed by atoms with E-state index in [-0.39, 0.29) is 13.2 Å². The summed E-state index contributed by atoms with van der Waals surface area (Å²) in [6, 6.07) is 0. The van der Waals surface area contributed by atoms with E-state index in [4.69, 9.17) is 20.1 Å². The van der Waals surface area contributed by atoms with Crippen molar-refractivity contribution in [3.63, 3.8) is 0 Å². The van der Waals surface area contributed by atoms with Crippen molar-refractivity contribution in [2.45, 2.75) is 19.3 Å². The summed E-state index contributed by atoms with van der Waals surface area (Å²) in [4.78, 5) is 8.78. The van der Waals surface area contributed by atoms with Crippen LogP contribution in [0.4, 0.5) is 13.2 Å². The van der Waals surface area contributed by atoms with Crippen molar-refractivity contribution in [2.75, 3.05) is 13.2 Å². The number of halogens is 3. The second-order valence-corrected chi connectivity index (χ2v) is 3.12. The molecule has 0 amide bonds. The minimum atomic E-state index is -5.19. The topological polar surface area (TPSA) is 89.4 Å². The van der Waals surface area contributed by atoms with E-state index in [0.29, 0.717) is 13.1 Å². The van der Waals surface area contributed by atoms with Crippen molar-refractivity contribution in [2.24, 2.45) is 0 Å². The molecule has 0 aliphatic heterocycles. The second kappa shape index (κ2) is 7.67. The molecule has 0 radical (unpaired) electrons. The van der Waals surface area contributed by atoms with Crippen molar-refractivity contribution in [3.8, 4) is 0 Å². The maximum absolute atomic E-state index is 10.5. The predicted octanol–water partition coefficient (Wildman–Crippen LogP) is -1.94. The van der Waals surface area contributed by atoms with Gasteiger partial charge in [-0.1, -0.05) is 0 Å². The zero-order valence-electron chi connectivity index (χ0n) is 9.30. The summed E-state index contributed by atoms with van der Waals surface area (Å²) in [5.74, 6) is -3.01. The van der Waals surface area contributed by atoms with Crippen molar-refractivity contribution in [3.05, 3.63) is 18.7 Å². The van der Waals surface area contributed by atoms with Crippen LogP contribution in [0.2, 0.25) is 0 Å². The van der Waals surface area contributed by atoms with Crippen molar-refractivity contribution >= 4 is 5.97 Å². The second-order valence-electron chi connectivity index (χ2n) is 3.12. The first-order chi connectivity index (χ1) is 8.31. The largest absolute Gasteiger partial charge is 0.542 e. The number of hydrogen-bond acceptors (Lipinski definition) is 4. The molecule has 1 rings (SSSR count). The number of imidazole rings is 1. The number of carboxylic acid groups (broad SMARTS) is 1. The summed E-state index contributed by atoms with van der Waals surface area (Å²) in [6.45, 7) is 1.51. The molecule has 0 saturated carbocycles. The summed E-state index contributed by atoms with van der Waals surface area (Å²) >= 11 is 0. The lowest BCUT2D eigenvalue weighted by Gasteiger charge is -2.03. The van der Waals surface area contributed by atoms with Crippen LogP contribution >= 0.6 is 0 Å². The predicted molar refractivity (Wildman–Crippen MR) is 49.9 cm³/mol. The van der Waals surface area contributed by atoms with Crippen LogP contribution in [0, 0.1) is 0 Å². The lowest BCUT2D eigenvalue weighted by molar-refractivity contribution is -0.697. The van der Waals surface area contributed by atoms with Crippen molar-refractivity contribution < 1.29 is 37.9 Å². The Morgan fingerprint density at radius 3 is 2.28 bits per heavy atom. The molecule has 0 bridgehead atoms. The van der Waals surface area contributed by atoms with Crippen LogP contribution in [-0.4, -0.2) is 40.1 Å². The number of aromatic nitrogens is 2. The average molecular weight is 270 g/mol. The van der Waals surface area contributed by atoms with E-state index < -0.39 is 12.1 Å². The Labute approximate surface area is 101 Å². The molecule has 0 aromatic carbocycles. The van der Waals surface area contributed by atoms with E-state index in [1.54, 1.807) is 0 Å². The highest BCUT2D eigenvalue weighted by molar-refractivity contribution is 5.70. The van der Waals surface area contributed by atoms with Crippen LogP contribution in [0.5, 0.6) is 0 Å². The van der Waals surface area contributed by atoms with Gasteiger partial charge in [0.1, 0.15) is 31.5 Å². The monoisotopic (exact) mass is 270 g/mol. The van der Waals surface area contributed by atoms with Crippen molar-refractivity contribution in [1.82, 2.24) is 4.57 Å². The number of nitrogens with zero attached hydrogens (tertiary/aromatic N) is 2. The number of aliphatic hydroxyl groups excluding tert-OH is 2. The van der Waals surface area contributed by atoms with Gasteiger partial charge in [0.2, 0.25) is 6.33 Å². The highest BCUT2D eigenvalue weighted by Crippen LogP contribution is 2.11. The quantitative estimate of drug-likeness (QED) is 0.623. The highest BCUT2D eigenvalue weighted by atomic mass is 19.4. The molecular weight excluding hydrogens is 257 g/mol. The van der Waals surface area contributed by atoms with Gasteiger partial charge < -0.3 is 20.1 Å². The molecule has 0 spiro atoms. The Balaban J connectivity index is 0.000000360. The molecule has 6 nitrogen and oxygen atoms in total. The van der Waals surface area contributed by atoms with E-state index in [2.05, 4.69) is 0 Å². The fourth-order valence-corrected chi connectivity index (χ4v) is 0.934. The summed E-state index contributed by atoms with van der Waals surface area (Å²) < 4.78 is 35.3. The first kappa shape index (κ1) is 16.4. The molecule has 1 aromatic rings. The molecule has 2 N–H and O–H groups in total. The summed E-state index contributed by atoms with van der Waals surface area (Å²) in [5, 5.41) is 25.9. The minimum Gasteiger partial charge on any atom is -0.542 e. The average Bonchev–Trinajstić information content (AvgIpc) is 2.66. The summed E-state index contributed by atoms with van der Waals surface area (Å²) in [7, 11) is 0. The molecule has 0 aliphatic rings. The molecule has 18 heavy (non-hydrogen) atoms. The van der Waals surface area contributed by atoms with Gasteiger partial charge in [-0.05, 0) is 0 Å². The van der Waals surface area contributed by atoms with Crippen LogP contribution in [0.25, 0.3) is 0 Å². The first-order valence-corrected chi connectivity index (χ1v) is 4.86. The number of aliphatic carboxylic acids is 1. The molecule has 104 valence electrons. The molecule has 0 saturated heterocycles. The zero-order valence-corrected chi connectivity index (χ0v) is 9.30. The molecule has 9 heteroatoms. The number of carbonyl (C=O) groups is 1. The Morgan fingerprint density at radius 2 is 1.89 bits per heavy atom.